The Bertz CT molecular complexity index is 1940. The quantitative estimate of drug-likeness (QED) is 0.0614. The Morgan fingerprint density at radius 3 is 1.69 bits per heavy atom. The van der Waals surface area contributed by atoms with Crippen LogP contribution >= 0.6 is 0 Å². The van der Waals surface area contributed by atoms with Crippen LogP contribution in [0.1, 0.15) is 113 Å². The van der Waals surface area contributed by atoms with E-state index in [2.05, 4.69) is 40.7 Å². The second kappa shape index (κ2) is 22.7. The summed E-state index contributed by atoms with van der Waals surface area (Å²) in [5.74, 6) is -0.394. The highest BCUT2D eigenvalue weighted by atomic mass is 16.8. The molecule has 0 amide bonds. The number of hydrogen-bond acceptors (Lipinski definition) is 22. The van der Waals surface area contributed by atoms with Crippen LogP contribution in [0, 0.1) is 45.3 Å². The van der Waals surface area contributed by atoms with Gasteiger partial charge < -0.3 is 109 Å². The monoisotopic (exact) mass is 1080 g/mol. The highest BCUT2D eigenvalue weighted by Crippen LogP contribution is 2.76. The van der Waals surface area contributed by atoms with E-state index < -0.39 is 172 Å². The van der Waals surface area contributed by atoms with Crippen molar-refractivity contribution in [2.45, 2.75) is 248 Å². The van der Waals surface area contributed by atoms with Gasteiger partial charge in [0.25, 0.3) is 0 Å². The molecule has 22 heteroatoms. The first-order valence-corrected chi connectivity index (χ1v) is 27.3. The van der Waals surface area contributed by atoms with Crippen molar-refractivity contribution in [3.63, 3.8) is 0 Å². The first-order chi connectivity index (χ1) is 35.1. The number of aliphatic hydroxyl groups excluding tert-OH is 14. The summed E-state index contributed by atoms with van der Waals surface area (Å²) in [4.78, 5) is 0. The summed E-state index contributed by atoms with van der Waals surface area (Å²) >= 11 is 0. The van der Waals surface area contributed by atoms with Crippen molar-refractivity contribution >= 4 is 0 Å². The molecule has 14 N–H and O–H groups in total. The summed E-state index contributed by atoms with van der Waals surface area (Å²) in [6.45, 7) is 14.9. The third-order valence-electron chi connectivity index (χ3n) is 20.5. The minimum absolute atomic E-state index is 0.0508. The van der Waals surface area contributed by atoms with Crippen LogP contribution in [0.5, 0.6) is 0 Å². The van der Waals surface area contributed by atoms with Crippen LogP contribution in [0.3, 0.4) is 0 Å². The van der Waals surface area contributed by atoms with Crippen molar-refractivity contribution in [3.05, 3.63) is 11.6 Å². The summed E-state index contributed by atoms with van der Waals surface area (Å²) in [5.41, 5.74) is -1.47. The average Bonchev–Trinajstić information content (AvgIpc) is 3.89. The van der Waals surface area contributed by atoms with E-state index in [1.165, 1.54) is 0 Å². The lowest BCUT2D eigenvalue weighted by atomic mass is 9.35. The van der Waals surface area contributed by atoms with Gasteiger partial charge in [0.15, 0.2) is 25.2 Å². The van der Waals surface area contributed by atoms with E-state index in [1.807, 2.05) is 20.8 Å². The Morgan fingerprint density at radius 2 is 1.08 bits per heavy atom. The molecule has 8 rings (SSSR count). The number of allylic oxidation sites excluding steroid dienone is 2. The fraction of sp³-hybridized carbons (Fsp3) is 0.962. The van der Waals surface area contributed by atoms with Gasteiger partial charge in [-0.1, -0.05) is 46.3 Å². The first-order valence-electron chi connectivity index (χ1n) is 27.3. The number of ether oxygens (including phenoxy) is 8. The van der Waals surface area contributed by atoms with Gasteiger partial charge in [-0.2, -0.15) is 0 Å². The van der Waals surface area contributed by atoms with Gasteiger partial charge in [-0.25, -0.2) is 0 Å². The molecule has 4 aliphatic carbocycles. The Kier molecular flexibility index (Phi) is 18.1. The third-order valence-corrected chi connectivity index (χ3v) is 20.5. The largest absolute Gasteiger partial charge is 0.394 e. The minimum Gasteiger partial charge on any atom is -0.394 e. The van der Waals surface area contributed by atoms with Crippen LogP contribution in [0.15, 0.2) is 11.6 Å². The van der Waals surface area contributed by atoms with Gasteiger partial charge in [-0.3, -0.25) is 0 Å². The maximum absolute atomic E-state index is 12.8. The van der Waals surface area contributed by atoms with Gasteiger partial charge in [0.1, 0.15) is 91.6 Å². The molecule has 434 valence electrons. The highest BCUT2D eigenvalue weighted by molar-refractivity contribution is 5.20. The van der Waals surface area contributed by atoms with Gasteiger partial charge in [-0.15, -0.1) is 0 Å². The zero-order valence-electron chi connectivity index (χ0n) is 44.7. The molecular weight excluding hydrogens is 989 g/mol. The molecule has 4 heterocycles. The smallest absolute Gasteiger partial charge is 0.187 e. The normalized spacial score (nSPS) is 52.6. The van der Waals surface area contributed by atoms with Crippen LogP contribution in [0.2, 0.25) is 0 Å². The fourth-order valence-electron chi connectivity index (χ4n) is 16.1. The number of rotatable bonds is 16. The molecule has 8 fully saturated rings. The highest BCUT2D eigenvalue weighted by Gasteiger charge is 2.72. The summed E-state index contributed by atoms with van der Waals surface area (Å²) in [5, 5.41) is 151. The van der Waals surface area contributed by atoms with Crippen molar-refractivity contribution < 1.29 is 109 Å². The van der Waals surface area contributed by atoms with Crippen molar-refractivity contribution in [2.75, 3.05) is 26.4 Å². The SMILES string of the molecule is CC(C)=CCC[C@](C)(O[C@@H]1O[C@H](COC2O[C@@H](CO)[C@H](O)[C@H]2O)[C@@H](O)[C@H](O)[C@H]1O)[C@H]1CCC2(C)C1[C@H](O)C[C@@H]1[C@@]3(C)CC[C@H](O[C@@H]4O[C@H](CO)[C@@H](O)[C@H](O)[C@H]4O[C@@H]4O[C@H](CO)[C@@H](O)[C@H](O)[C@H]4O)C(C)(C)C3CC[C@]12C. The van der Waals surface area contributed by atoms with Crippen LogP contribution < -0.4 is 0 Å². The zero-order valence-corrected chi connectivity index (χ0v) is 44.7. The maximum atomic E-state index is 12.8. The summed E-state index contributed by atoms with van der Waals surface area (Å²) < 4.78 is 48.9. The molecule has 4 aliphatic heterocycles. The molecule has 0 radical (unpaired) electrons. The fourth-order valence-corrected chi connectivity index (χ4v) is 16.1. The number of fused-ring (bicyclic) bond motifs is 5. The number of aliphatic hydroxyl groups is 14. The molecule has 0 aromatic carbocycles. The first kappa shape index (κ1) is 60.0. The zero-order chi connectivity index (χ0) is 55.1. The van der Waals surface area contributed by atoms with Crippen LogP contribution in [0.4, 0.5) is 0 Å². The van der Waals surface area contributed by atoms with Crippen LogP contribution in [-0.4, -0.2) is 232 Å². The molecule has 0 spiro atoms. The minimum atomic E-state index is -1.81. The van der Waals surface area contributed by atoms with Gasteiger partial charge >= 0.3 is 0 Å². The molecule has 0 aromatic rings. The summed E-state index contributed by atoms with van der Waals surface area (Å²) in [7, 11) is 0. The Labute approximate surface area is 439 Å². The molecule has 8 aliphatic rings. The van der Waals surface area contributed by atoms with Crippen LogP contribution in [-0.2, 0) is 37.9 Å². The molecule has 0 bridgehead atoms. The molecule has 4 saturated heterocycles. The second-order valence-corrected chi connectivity index (χ2v) is 25.3. The van der Waals surface area contributed by atoms with Gasteiger partial charge in [-0.05, 0) is 124 Å². The average molecular weight is 1080 g/mol. The Balaban J connectivity index is 1.01. The van der Waals surface area contributed by atoms with Crippen molar-refractivity contribution in [1.29, 1.82) is 0 Å². The molecule has 22 nitrogen and oxygen atoms in total. The predicted octanol–water partition coefficient (Wildman–Crippen LogP) is -1.56. The number of hydrogen-bond donors (Lipinski definition) is 14. The van der Waals surface area contributed by atoms with Gasteiger partial charge in [0, 0.05) is 0 Å². The van der Waals surface area contributed by atoms with Crippen LogP contribution in [0.25, 0.3) is 0 Å². The van der Waals surface area contributed by atoms with Crippen molar-refractivity contribution in [2.24, 2.45) is 45.3 Å². The summed E-state index contributed by atoms with van der Waals surface area (Å²) in [6.07, 6.45) is -22.1. The molecular formula is C53H90O22. The van der Waals surface area contributed by atoms with E-state index in [0.29, 0.717) is 38.5 Å². The molecule has 4 unspecified atom stereocenters. The van der Waals surface area contributed by atoms with E-state index in [0.717, 1.165) is 24.8 Å². The molecule has 29 atom stereocenters. The standard InChI is InChI=1S/C53H90O22/c1-23(2)10-9-14-53(8,75-47-43(67)39(63)37(61)29(72-47)22-68-45-41(65)36(60)28(21-56)69-45)24-11-16-52(7)33(24)25(57)18-31-50(5)15-13-32(49(3,4)30(50)12-17-51(31,52)6)73-48-44(40(64)35(59)27(20-55)71-48)74-46-42(66)38(62)34(58)26(19-54)70-46/h10,24-48,54-67H,9,11-22H2,1-8H3/t24-,25+,26+,27+,28-,29+,30?,31+,32-,33?,34+,35+,36-,37+,38-,39-,40-,41+,42+,43+,44+,45?,46-,47-,48-,50-,51+,52?,53-/m0/s1. The lowest BCUT2D eigenvalue weighted by molar-refractivity contribution is -0.378. The van der Waals surface area contributed by atoms with E-state index >= 15 is 0 Å². The third kappa shape index (κ3) is 10.5. The van der Waals surface area contributed by atoms with E-state index in [9.17, 15) is 71.5 Å². The Morgan fingerprint density at radius 1 is 0.560 bits per heavy atom. The van der Waals surface area contributed by atoms with E-state index in [4.69, 9.17) is 37.9 Å². The van der Waals surface area contributed by atoms with Crippen molar-refractivity contribution in [3.8, 4) is 0 Å². The van der Waals surface area contributed by atoms with Gasteiger partial charge in [0.05, 0.1) is 44.2 Å². The topological polar surface area (TPSA) is 357 Å². The van der Waals surface area contributed by atoms with Crippen molar-refractivity contribution in [1.82, 2.24) is 0 Å². The predicted molar refractivity (Wildman–Crippen MR) is 260 cm³/mol. The summed E-state index contributed by atoms with van der Waals surface area (Å²) in [6, 6.07) is 0. The van der Waals surface area contributed by atoms with E-state index in [1.54, 1.807) is 0 Å². The second-order valence-electron chi connectivity index (χ2n) is 25.3. The van der Waals surface area contributed by atoms with E-state index in [-0.39, 0.29) is 34.5 Å². The molecule has 4 saturated carbocycles. The van der Waals surface area contributed by atoms with Gasteiger partial charge in [0.2, 0.25) is 0 Å². The Hall–Kier alpha value is -1.14. The lowest BCUT2D eigenvalue weighted by Crippen LogP contribution is -2.68. The molecule has 0 aromatic heterocycles. The maximum Gasteiger partial charge on any atom is 0.187 e. The molecule has 75 heavy (non-hydrogen) atoms. The lowest BCUT2D eigenvalue weighted by Gasteiger charge is -2.71.